The number of aryl methyl sites for hydroxylation is 2. The van der Waals surface area contributed by atoms with E-state index in [4.69, 9.17) is 4.98 Å². The maximum Gasteiger partial charge on any atom is 0.263 e. The number of hydrogen-bond donors (Lipinski definition) is 2. The molecule has 28 heavy (non-hydrogen) atoms. The summed E-state index contributed by atoms with van der Waals surface area (Å²) in [6, 6.07) is 7.17. The average molecular weight is 397 g/mol. The van der Waals surface area contributed by atoms with Gasteiger partial charge in [0.15, 0.2) is 0 Å². The smallest absolute Gasteiger partial charge is 0.263 e. The average Bonchev–Trinajstić information content (AvgIpc) is 3.09. The largest absolute Gasteiger partial charge is 0.355 e. The van der Waals surface area contributed by atoms with Gasteiger partial charge in [-0.3, -0.25) is 14.2 Å². The number of nitrogens with zero attached hydrogens (tertiary/aromatic N) is 2. The van der Waals surface area contributed by atoms with Crippen molar-refractivity contribution in [3.05, 3.63) is 50.6 Å². The van der Waals surface area contributed by atoms with Gasteiger partial charge in [0.25, 0.3) is 11.5 Å². The molecular weight excluding hydrogens is 372 g/mol. The van der Waals surface area contributed by atoms with Gasteiger partial charge in [0, 0.05) is 29.7 Å². The molecule has 4 rings (SSSR count). The second-order valence-corrected chi connectivity index (χ2v) is 8.15. The summed E-state index contributed by atoms with van der Waals surface area (Å²) in [6.45, 7) is 2.67. The van der Waals surface area contributed by atoms with Crippen LogP contribution in [0.3, 0.4) is 0 Å². The number of benzene rings is 1. The fraction of sp³-hybridized carbons (Fsp3) is 0.381. The number of carbonyl (C=O) groups excluding carboxylic acids is 1. The van der Waals surface area contributed by atoms with Crippen molar-refractivity contribution in [1.29, 1.82) is 0 Å². The lowest BCUT2D eigenvalue weighted by Gasteiger charge is -2.14. The molecule has 0 unspecified atom stereocenters. The zero-order chi connectivity index (χ0) is 19.7. The van der Waals surface area contributed by atoms with Gasteiger partial charge in [0.05, 0.1) is 5.39 Å². The summed E-state index contributed by atoms with van der Waals surface area (Å²) in [7, 11) is 1.61. The van der Waals surface area contributed by atoms with Crippen molar-refractivity contribution in [2.75, 3.05) is 12.4 Å². The fourth-order valence-corrected chi connectivity index (χ4v) is 5.00. The highest BCUT2D eigenvalue weighted by atomic mass is 32.1. The Morgan fingerprint density at radius 2 is 1.96 bits per heavy atom. The van der Waals surface area contributed by atoms with Gasteiger partial charge in [0.1, 0.15) is 4.83 Å². The molecule has 0 spiro atoms. The number of thiophene rings is 1. The molecule has 2 N–H and O–H groups in total. The number of carbonyl (C=O) groups is 1. The lowest BCUT2D eigenvalue weighted by Crippen LogP contribution is -2.24. The molecule has 0 bridgehead atoms. The molecule has 1 aliphatic carbocycles. The highest BCUT2D eigenvalue weighted by Crippen LogP contribution is 2.34. The van der Waals surface area contributed by atoms with E-state index in [0.717, 1.165) is 41.6 Å². The molecule has 2 heterocycles. The minimum absolute atomic E-state index is 0.0516. The van der Waals surface area contributed by atoms with Gasteiger partial charge >= 0.3 is 0 Å². The van der Waals surface area contributed by atoms with E-state index in [-0.39, 0.29) is 11.5 Å². The van der Waals surface area contributed by atoms with Crippen molar-refractivity contribution in [2.45, 2.75) is 45.6 Å². The Hall–Kier alpha value is -2.67. The summed E-state index contributed by atoms with van der Waals surface area (Å²) in [5.41, 5.74) is 2.66. The first-order valence-corrected chi connectivity index (χ1v) is 10.6. The molecule has 1 amide bonds. The minimum Gasteiger partial charge on any atom is -0.355 e. The molecule has 146 valence electrons. The van der Waals surface area contributed by atoms with Gasteiger partial charge in [-0.1, -0.05) is 6.92 Å². The van der Waals surface area contributed by atoms with Crippen LogP contribution < -0.4 is 16.2 Å². The van der Waals surface area contributed by atoms with Crippen molar-refractivity contribution in [1.82, 2.24) is 14.9 Å². The molecule has 6 nitrogen and oxygen atoms in total. The van der Waals surface area contributed by atoms with Crippen molar-refractivity contribution in [3.8, 4) is 0 Å². The van der Waals surface area contributed by atoms with Crippen LogP contribution in [0.15, 0.2) is 29.1 Å². The van der Waals surface area contributed by atoms with Crippen LogP contribution in [-0.4, -0.2) is 22.5 Å². The summed E-state index contributed by atoms with van der Waals surface area (Å²) in [6.07, 6.45) is 5.21. The number of nitrogens with one attached hydrogen (secondary N) is 2. The maximum atomic E-state index is 13.3. The predicted octanol–water partition coefficient (Wildman–Crippen LogP) is 3.85. The minimum atomic E-state index is -0.127. The van der Waals surface area contributed by atoms with Crippen molar-refractivity contribution >= 4 is 39.1 Å². The second kappa shape index (κ2) is 7.75. The summed E-state index contributed by atoms with van der Waals surface area (Å²) in [4.78, 5) is 32.0. The van der Waals surface area contributed by atoms with Crippen LogP contribution in [0.5, 0.6) is 0 Å². The molecule has 1 aromatic carbocycles. The third-order valence-corrected chi connectivity index (χ3v) is 6.34. The number of amides is 1. The van der Waals surface area contributed by atoms with Crippen LogP contribution in [0.1, 0.15) is 47.0 Å². The Labute approximate surface area is 167 Å². The number of rotatable bonds is 5. The van der Waals surface area contributed by atoms with E-state index in [9.17, 15) is 9.59 Å². The van der Waals surface area contributed by atoms with Crippen LogP contribution in [0.4, 0.5) is 11.6 Å². The Balaban J connectivity index is 1.76. The molecule has 0 aliphatic heterocycles. The topological polar surface area (TPSA) is 76.0 Å². The second-order valence-electron chi connectivity index (χ2n) is 7.06. The van der Waals surface area contributed by atoms with Crippen LogP contribution in [0.25, 0.3) is 10.2 Å². The molecule has 1 aliphatic rings. The Morgan fingerprint density at radius 1 is 1.21 bits per heavy atom. The summed E-state index contributed by atoms with van der Waals surface area (Å²) in [5.74, 6) is 0.434. The van der Waals surface area contributed by atoms with Crippen molar-refractivity contribution < 1.29 is 4.79 Å². The zero-order valence-corrected chi connectivity index (χ0v) is 17.0. The first kappa shape index (κ1) is 18.7. The molecule has 0 radical (unpaired) electrons. The molecule has 2 aromatic heterocycles. The zero-order valence-electron chi connectivity index (χ0n) is 16.2. The highest BCUT2D eigenvalue weighted by molar-refractivity contribution is 7.18. The molecule has 7 heteroatoms. The van der Waals surface area contributed by atoms with Gasteiger partial charge in [0.2, 0.25) is 5.95 Å². The SMILES string of the molecule is CCCn1c(Nc2ccc(C(=O)NC)cc2)nc2sc3c(c2c1=O)CCCC3. The summed E-state index contributed by atoms with van der Waals surface area (Å²) >= 11 is 1.66. The van der Waals surface area contributed by atoms with Gasteiger partial charge in [-0.15, -0.1) is 11.3 Å². The fourth-order valence-electron chi connectivity index (χ4n) is 3.74. The van der Waals surface area contributed by atoms with Crippen LogP contribution in [0.2, 0.25) is 0 Å². The molecule has 3 aromatic rings. The van der Waals surface area contributed by atoms with Crippen molar-refractivity contribution in [3.63, 3.8) is 0 Å². The van der Waals surface area contributed by atoms with E-state index >= 15 is 0 Å². The first-order chi connectivity index (χ1) is 13.6. The molecule has 0 saturated carbocycles. The van der Waals surface area contributed by atoms with Gasteiger partial charge in [-0.05, 0) is 61.9 Å². The monoisotopic (exact) mass is 396 g/mol. The van der Waals surface area contributed by atoms with Gasteiger partial charge in [-0.25, -0.2) is 4.98 Å². The van der Waals surface area contributed by atoms with Crippen LogP contribution in [-0.2, 0) is 19.4 Å². The van der Waals surface area contributed by atoms with Gasteiger partial charge < -0.3 is 10.6 Å². The van der Waals surface area contributed by atoms with E-state index in [0.29, 0.717) is 18.1 Å². The normalized spacial score (nSPS) is 13.4. The summed E-state index contributed by atoms with van der Waals surface area (Å²) < 4.78 is 1.75. The molecule has 0 fully saturated rings. The van der Waals surface area contributed by atoms with Crippen LogP contribution >= 0.6 is 11.3 Å². The maximum absolute atomic E-state index is 13.3. The number of aromatic nitrogens is 2. The third-order valence-electron chi connectivity index (χ3n) is 5.15. The quantitative estimate of drug-likeness (QED) is 0.687. The van der Waals surface area contributed by atoms with Crippen LogP contribution in [0, 0.1) is 0 Å². The Bertz CT molecular complexity index is 1080. The van der Waals surface area contributed by atoms with E-state index in [1.54, 1.807) is 35.1 Å². The third kappa shape index (κ3) is 3.30. The number of fused-ring (bicyclic) bond motifs is 3. The van der Waals surface area contributed by atoms with E-state index in [1.165, 1.54) is 16.9 Å². The first-order valence-electron chi connectivity index (χ1n) is 9.76. The standard InChI is InChI=1S/C21H24N4O2S/c1-3-12-25-20(27)17-15-6-4-5-7-16(15)28-19(17)24-21(25)23-14-10-8-13(9-11-14)18(26)22-2/h8-11H,3-7,12H2,1-2H3,(H,22,26)(H,23,24). The predicted molar refractivity (Wildman–Crippen MR) is 114 cm³/mol. The molecule has 0 atom stereocenters. The van der Waals surface area contributed by atoms with Gasteiger partial charge in [-0.2, -0.15) is 0 Å². The number of hydrogen-bond acceptors (Lipinski definition) is 5. The van der Waals surface area contributed by atoms with E-state index in [2.05, 4.69) is 17.6 Å². The Kier molecular flexibility index (Phi) is 5.17. The lowest BCUT2D eigenvalue weighted by atomic mass is 9.97. The lowest BCUT2D eigenvalue weighted by molar-refractivity contribution is 0.0963. The molecular formula is C21H24N4O2S. The van der Waals surface area contributed by atoms with E-state index < -0.39 is 0 Å². The Morgan fingerprint density at radius 3 is 2.68 bits per heavy atom. The molecule has 0 saturated heterocycles. The highest BCUT2D eigenvalue weighted by Gasteiger charge is 2.22. The van der Waals surface area contributed by atoms with Crippen molar-refractivity contribution in [2.24, 2.45) is 0 Å². The van der Waals surface area contributed by atoms with E-state index in [1.807, 2.05) is 12.1 Å². The number of anilines is 2. The summed E-state index contributed by atoms with van der Waals surface area (Å²) in [5, 5.41) is 6.71.